The van der Waals surface area contributed by atoms with Gasteiger partial charge in [0.15, 0.2) is 5.82 Å². The van der Waals surface area contributed by atoms with Crippen molar-refractivity contribution in [2.75, 3.05) is 37.1 Å². The van der Waals surface area contributed by atoms with Crippen molar-refractivity contribution in [3.8, 4) is 0 Å². The third-order valence-corrected chi connectivity index (χ3v) is 4.04. The third-order valence-electron chi connectivity index (χ3n) is 2.27. The Balaban J connectivity index is 2.13. The van der Waals surface area contributed by atoms with Gasteiger partial charge in [0.05, 0.1) is 4.90 Å². The number of nitrogens with one attached hydrogen (secondary N) is 1. The maximum atomic E-state index is 5.75. The second kappa shape index (κ2) is 8.60. The molecule has 0 aromatic carbocycles. The molecule has 3 N–H and O–H groups in total. The smallest absolute Gasteiger partial charge is 0.153 e. The van der Waals surface area contributed by atoms with Crippen LogP contribution in [-0.2, 0) is 4.74 Å². The van der Waals surface area contributed by atoms with Crippen LogP contribution in [0, 0.1) is 0 Å². The first-order valence-electron chi connectivity index (χ1n) is 5.90. The zero-order chi connectivity index (χ0) is 12.5. The monoisotopic (exact) mass is 275 g/mol. The highest BCUT2D eigenvalue weighted by Gasteiger charge is 2.09. The van der Waals surface area contributed by atoms with Crippen molar-refractivity contribution in [1.29, 1.82) is 0 Å². The lowest BCUT2D eigenvalue weighted by atomic mass is 10.4. The normalized spacial score (nSPS) is 10.7. The van der Waals surface area contributed by atoms with Crippen molar-refractivity contribution >= 4 is 34.1 Å². The van der Waals surface area contributed by atoms with E-state index in [1.807, 2.05) is 6.26 Å². The molecule has 0 amide bonds. The van der Waals surface area contributed by atoms with Gasteiger partial charge in [-0.05, 0) is 30.6 Å². The van der Waals surface area contributed by atoms with Crippen LogP contribution >= 0.6 is 23.3 Å². The van der Waals surface area contributed by atoms with Crippen molar-refractivity contribution < 1.29 is 4.74 Å². The molecular formula is C11H21N3OS2. The Hall–Kier alpha value is -0.460. The highest BCUT2D eigenvalue weighted by molar-refractivity contribution is 7.99. The summed E-state index contributed by atoms with van der Waals surface area (Å²) >= 11 is 3.06. The number of aromatic nitrogens is 1. The molecule has 1 aromatic heterocycles. The third kappa shape index (κ3) is 5.14. The molecule has 4 nitrogen and oxygen atoms in total. The molecule has 98 valence electrons. The minimum Gasteiger partial charge on any atom is -0.382 e. The molecule has 0 spiro atoms. The van der Waals surface area contributed by atoms with Gasteiger partial charge in [0, 0.05) is 19.8 Å². The van der Waals surface area contributed by atoms with Crippen LogP contribution < -0.4 is 11.1 Å². The molecule has 1 aromatic rings. The Morgan fingerprint density at radius 3 is 2.88 bits per heavy atom. The summed E-state index contributed by atoms with van der Waals surface area (Å²) in [5.41, 5.74) is 5.75. The van der Waals surface area contributed by atoms with E-state index in [0.717, 1.165) is 42.5 Å². The number of hydrogen-bond donors (Lipinski definition) is 2. The number of nitrogens with zero attached hydrogens (tertiary/aromatic N) is 1. The van der Waals surface area contributed by atoms with E-state index in [1.54, 1.807) is 11.8 Å². The van der Waals surface area contributed by atoms with Crippen molar-refractivity contribution in [1.82, 2.24) is 4.37 Å². The Morgan fingerprint density at radius 1 is 1.41 bits per heavy atom. The van der Waals surface area contributed by atoms with E-state index >= 15 is 0 Å². The summed E-state index contributed by atoms with van der Waals surface area (Å²) < 4.78 is 9.62. The zero-order valence-electron chi connectivity index (χ0n) is 10.5. The number of hydrogen-bond acceptors (Lipinski definition) is 6. The van der Waals surface area contributed by atoms with Gasteiger partial charge in [-0.25, -0.2) is 0 Å². The number of unbranched alkanes of at least 4 members (excludes halogenated alkanes) is 1. The van der Waals surface area contributed by atoms with Crippen molar-refractivity contribution in [2.45, 2.75) is 31.1 Å². The maximum absolute atomic E-state index is 5.75. The van der Waals surface area contributed by atoms with E-state index in [2.05, 4.69) is 16.6 Å². The minimum atomic E-state index is 0.629. The topological polar surface area (TPSA) is 60.2 Å². The van der Waals surface area contributed by atoms with Crippen LogP contribution in [-0.4, -0.2) is 30.4 Å². The van der Waals surface area contributed by atoms with Crippen LogP contribution in [0.1, 0.15) is 26.2 Å². The minimum absolute atomic E-state index is 0.629. The summed E-state index contributed by atoms with van der Waals surface area (Å²) in [6.07, 6.45) is 5.36. The van der Waals surface area contributed by atoms with Gasteiger partial charge in [0.25, 0.3) is 0 Å². The Bertz CT molecular complexity index is 318. The number of rotatable bonds is 9. The summed E-state index contributed by atoms with van der Waals surface area (Å²) in [4.78, 5) is 1.06. The molecule has 0 atom stereocenters. The van der Waals surface area contributed by atoms with Gasteiger partial charge in [0.1, 0.15) is 5.00 Å². The van der Waals surface area contributed by atoms with Crippen molar-refractivity contribution in [3.05, 3.63) is 0 Å². The van der Waals surface area contributed by atoms with E-state index in [9.17, 15) is 0 Å². The molecule has 0 aliphatic heterocycles. The van der Waals surface area contributed by atoms with Gasteiger partial charge >= 0.3 is 0 Å². The van der Waals surface area contributed by atoms with Crippen LogP contribution in [0.3, 0.4) is 0 Å². The molecule has 0 saturated heterocycles. The largest absolute Gasteiger partial charge is 0.382 e. The summed E-state index contributed by atoms with van der Waals surface area (Å²) in [5, 5.41) is 4.42. The predicted octanol–water partition coefficient (Wildman–Crippen LogP) is 3.07. The Labute approximate surface area is 111 Å². The molecule has 0 saturated carbocycles. The van der Waals surface area contributed by atoms with E-state index in [4.69, 9.17) is 10.5 Å². The lowest BCUT2D eigenvalue weighted by Gasteiger charge is -2.06. The Morgan fingerprint density at radius 2 is 2.18 bits per heavy atom. The molecule has 0 aliphatic rings. The molecule has 0 fully saturated rings. The van der Waals surface area contributed by atoms with Gasteiger partial charge in [-0.2, -0.15) is 4.37 Å². The molecule has 17 heavy (non-hydrogen) atoms. The second-order valence-corrected chi connectivity index (χ2v) is 5.27. The standard InChI is InChI=1S/C11H21N3OS2/c1-3-4-7-15-8-5-6-13-11-9(16-2)10(12)14-17-11/h13H,3-8H2,1-2H3,(H2,12,14). The van der Waals surface area contributed by atoms with Crippen LogP contribution in [0.2, 0.25) is 0 Å². The molecule has 0 aliphatic carbocycles. The van der Waals surface area contributed by atoms with E-state index in [0.29, 0.717) is 5.82 Å². The summed E-state index contributed by atoms with van der Waals surface area (Å²) in [6, 6.07) is 0. The average molecular weight is 275 g/mol. The molecule has 0 unspecified atom stereocenters. The first-order chi connectivity index (χ1) is 8.29. The fourth-order valence-corrected chi connectivity index (χ4v) is 2.90. The van der Waals surface area contributed by atoms with Gasteiger partial charge in [0.2, 0.25) is 0 Å². The number of thioether (sulfide) groups is 1. The predicted molar refractivity (Wildman–Crippen MR) is 77.1 cm³/mol. The first kappa shape index (κ1) is 14.6. The SMILES string of the molecule is CCCCOCCCNc1snc(N)c1SC. The molecule has 0 radical (unpaired) electrons. The lowest BCUT2D eigenvalue weighted by molar-refractivity contribution is 0.131. The van der Waals surface area contributed by atoms with Crippen LogP contribution in [0.15, 0.2) is 4.90 Å². The zero-order valence-corrected chi connectivity index (χ0v) is 12.1. The lowest BCUT2D eigenvalue weighted by Crippen LogP contribution is -2.06. The summed E-state index contributed by atoms with van der Waals surface area (Å²) in [6.45, 7) is 4.76. The number of nitrogen functional groups attached to an aromatic ring is 1. The molecule has 1 heterocycles. The average Bonchev–Trinajstić information content (AvgIpc) is 2.69. The highest BCUT2D eigenvalue weighted by atomic mass is 32.2. The summed E-state index contributed by atoms with van der Waals surface area (Å²) in [5.74, 6) is 0.629. The van der Waals surface area contributed by atoms with Gasteiger partial charge in [-0.3, -0.25) is 0 Å². The highest BCUT2D eigenvalue weighted by Crippen LogP contribution is 2.34. The first-order valence-corrected chi connectivity index (χ1v) is 7.90. The number of anilines is 2. The van der Waals surface area contributed by atoms with Gasteiger partial charge in [-0.1, -0.05) is 13.3 Å². The van der Waals surface area contributed by atoms with Crippen LogP contribution in [0.4, 0.5) is 10.8 Å². The van der Waals surface area contributed by atoms with Crippen molar-refractivity contribution in [2.24, 2.45) is 0 Å². The van der Waals surface area contributed by atoms with Crippen LogP contribution in [0.5, 0.6) is 0 Å². The summed E-state index contributed by atoms with van der Waals surface area (Å²) in [7, 11) is 0. The molecule has 1 rings (SSSR count). The Kier molecular flexibility index (Phi) is 7.39. The number of nitrogens with two attached hydrogens (primary N) is 1. The van der Waals surface area contributed by atoms with Gasteiger partial charge in [-0.15, -0.1) is 11.8 Å². The van der Waals surface area contributed by atoms with E-state index in [1.165, 1.54) is 18.0 Å². The fraction of sp³-hybridized carbons (Fsp3) is 0.727. The van der Waals surface area contributed by atoms with Gasteiger partial charge < -0.3 is 15.8 Å². The molecule has 0 bridgehead atoms. The van der Waals surface area contributed by atoms with E-state index in [-0.39, 0.29) is 0 Å². The van der Waals surface area contributed by atoms with E-state index < -0.39 is 0 Å². The molecular weight excluding hydrogens is 254 g/mol. The quantitative estimate of drug-likeness (QED) is 0.536. The number of ether oxygens (including phenoxy) is 1. The van der Waals surface area contributed by atoms with Crippen LogP contribution in [0.25, 0.3) is 0 Å². The van der Waals surface area contributed by atoms with Crippen molar-refractivity contribution in [3.63, 3.8) is 0 Å². The fourth-order valence-electron chi connectivity index (χ4n) is 1.33. The maximum Gasteiger partial charge on any atom is 0.153 e. The second-order valence-electron chi connectivity index (χ2n) is 3.68. The molecule has 6 heteroatoms.